The Hall–Kier alpha value is -4.10. The lowest BCUT2D eigenvalue weighted by molar-refractivity contribution is -0.145. The van der Waals surface area contributed by atoms with E-state index in [-0.39, 0.29) is 13.1 Å². The average Bonchev–Trinajstić information content (AvgIpc) is 3.54. The number of carbonyl (C=O) groups excluding carboxylic acids is 2. The minimum Gasteiger partial charge on any atom is -0.457 e. The molecular weight excluding hydrogens is 516 g/mol. The number of methoxy groups -OCH3 is 2. The Morgan fingerprint density at radius 3 is 1.57 bits per heavy atom. The van der Waals surface area contributed by atoms with Crippen LogP contribution in [0.4, 0.5) is 0 Å². The summed E-state index contributed by atoms with van der Waals surface area (Å²) in [6.45, 7) is 1.09. The van der Waals surface area contributed by atoms with Crippen LogP contribution in [0.1, 0.15) is 22.5 Å². The molecule has 4 rings (SSSR count). The maximum Gasteiger partial charge on any atom is 0.331 e. The number of rotatable bonds is 14. The van der Waals surface area contributed by atoms with Gasteiger partial charge < -0.3 is 30.4 Å². The molecule has 2 aromatic carbocycles. The topological polar surface area (TPSA) is 180 Å². The first-order chi connectivity index (χ1) is 19.4. The number of H-pyrrole nitrogens is 2. The van der Waals surface area contributed by atoms with Crippen LogP contribution in [0.15, 0.2) is 48.6 Å². The van der Waals surface area contributed by atoms with Crippen molar-refractivity contribution in [2.45, 2.75) is 38.3 Å². The summed E-state index contributed by atoms with van der Waals surface area (Å²) in [6.07, 6.45) is 1.35. The predicted molar refractivity (Wildman–Crippen MR) is 148 cm³/mol. The van der Waals surface area contributed by atoms with Gasteiger partial charge in [0.05, 0.1) is 35.6 Å². The van der Waals surface area contributed by atoms with Crippen LogP contribution in [-0.2, 0) is 54.6 Å². The normalized spacial score (nSPS) is 13.2. The van der Waals surface area contributed by atoms with Gasteiger partial charge >= 0.3 is 11.9 Å². The van der Waals surface area contributed by atoms with Gasteiger partial charge in [0, 0.05) is 63.1 Å². The number of benzene rings is 2. The molecular formula is C28H34N6O6. The van der Waals surface area contributed by atoms with Crippen molar-refractivity contribution in [3.05, 3.63) is 71.1 Å². The molecule has 0 spiro atoms. The number of esters is 2. The Balaban J connectivity index is 1.33. The van der Waals surface area contributed by atoms with Crippen LogP contribution in [0.5, 0.6) is 0 Å². The van der Waals surface area contributed by atoms with Crippen LogP contribution in [0.3, 0.4) is 0 Å². The van der Waals surface area contributed by atoms with E-state index in [0.717, 1.165) is 45.1 Å². The highest BCUT2D eigenvalue weighted by Crippen LogP contribution is 2.21. The van der Waals surface area contributed by atoms with Gasteiger partial charge in [-0.3, -0.25) is 10.2 Å². The number of nitrogens with one attached hydrogen (secondary N) is 2. The predicted octanol–water partition coefficient (Wildman–Crippen LogP) is 1.81. The third-order valence-corrected chi connectivity index (χ3v) is 6.32. The highest BCUT2D eigenvalue weighted by Gasteiger charge is 2.19. The molecule has 0 saturated heterocycles. The molecule has 2 heterocycles. The fraction of sp³-hybridized carbons (Fsp3) is 0.357. The lowest BCUT2D eigenvalue weighted by atomic mass is 10.1. The van der Waals surface area contributed by atoms with Crippen molar-refractivity contribution >= 4 is 33.7 Å². The SMILES string of the molecule is COCc1ccc2[nH]nc(CC(CN)OC(=O)/C=C/C(=O)OC(CN)Cc3n[nH]c4ccc(COC)cc34)c2c1. The summed E-state index contributed by atoms with van der Waals surface area (Å²) in [6, 6.07) is 11.7. The fourth-order valence-corrected chi connectivity index (χ4v) is 4.38. The van der Waals surface area contributed by atoms with Crippen LogP contribution in [0.2, 0.25) is 0 Å². The molecule has 0 aliphatic rings. The molecule has 0 saturated carbocycles. The van der Waals surface area contributed by atoms with Gasteiger partial charge in [0.1, 0.15) is 12.2 Å². The second-order valence-electron chi connectivity index (χ2n) is 9.30. The van der Waals surface area contributed by atoms with Gasteiger partial charge in [-0.25, -0.2) is 9.59 Å². The van der Waals surface area contributed by atoms with Crippen molar-refractivity contribution in [2.24, 2.45) is 11.5 Å². The molecule has 0 aliphatic carbocycles. The van der Waals surface area contributed by atoms with Crippen LogP contribution in [0.25, 0.3) is 21.8 Å². The second-order valence-corrected chi connectivity index (χ2v) is 9.30. The second kappa shape index (κ2) is 13.8. The highest BCUT2D eigenvalue weighted by molar-refractivity contribution is 5.92. The number of hydrogen-bond acceptors (Lipinski definition) is 10. The Bertz CT molecular complexity index is 1370. The van der Waals surface area contributed by atoms with Gasteiger partial charge in [-0.1, -0.05) is 12.1 Å². The number of aromatic amines is 2. The summed E-state index contributed by atoms with van der Waals surface area (Å²) >= 11 is 0. The van der Waals surface area contributed by atoms with E-state index in [9.17, 15) is 9.59 Å². The number of carbonyl (C=O) groups is 2. The van der Waals surface area contributed by atoms with Gasteiger partial charge in [0.15, 0.2) is 0 Å². The molecule has 212 valence electrons. The van der Waals surface area contributed by atoms with E-state index < -0.39 is 24.1 Å². The van der Waals surface area contributed by atoms with Gasteiger partial charge in [-0.15, -0.1) is 0 Å². The van der Waals surface area contributed by atoms with Crippen molar-refractivity contribution in [2.75, 3.05) is 27.3 Å². The molecule has 0 aliphatic heterocycles. The maximum absolute atomic E-state index is 12.4. The average molecular weight is 551 g/mol. The largest absolute Gasteiger partial charge is 0.457 e. The minimum atomic E-state index is -0.722. The number of nitrogens with zero attached hydrogens (tertiary/aromatic N) is 2. The number of aromatic nitrogens is 4. The van der Waals surface area contributed by atoms with E-state index in [4.69, 9.17) is 30.4 Å². The number of ether oxygens (including phenoxy) is 4. The van der Waals surface area contributed by atoms with Gasteiger partial charge in [0.25, 0.3) is 0 Å². The molecule has 0 amide bonds. The van der Waals surface area contributed by atoms with Crippen LogP contribution in [0, 0.1) is 0 Å². The molecule has 4 aromatic rings. The summed E-state index contributed by atoms with van der Waals surface area (Å²) in [5, 5.41) is 16.4. The molecule has 6 N–H and O–H groups in total. The third-order valence-electron chi connectivity index (χ3n) is 6.32. The standard InChI is InChI=1S/C28H34N6O6/c1-37-15-17-3-5-23-21(9-17)25(33-31-23)11-19(13-29)39-27(35)7-8-28(36)40-20(14-30)12-26-22-10-18(16-38-2)4-6-24(22)32-34-26/h3-10,19-20H,11-16,29-30H2,1-2H3,(H,31,33)(H,32,34)/b8-7+. The molecule has 0 fully saturated rings. The van der Waals surface area contributed by atoms with E-state index in [1.165, 1.54) is 0 Å². The summed E-state index contributed by atoms with van der Waals surface area (Å²) in [4.78, 5) is 24.9. The molecule has 40 heavy (non-hydrogen) atoms. The first-order valence-electron chi connectivity index (χ1n) is 12.8. The van der Waals surface area contributed by atoms with Crippen molar-refractivity contribution in [3.8, 4) is 0 Å². The summed E-state index contributed by atoms with van der Waals surface area (Å²) in [7, 11) is 3.26. The molecule has 0 radical (unpaired) electrons. The highest BCUT2D eigenvalue weighted by atomic mass is 16.5. The minimum absolute atomic E-state index is 0.0785. The third kappa shape index (κ3) is 7.30. The maximum atomic E-state index is 12.4. The Kier molecular flexibility index (Phi) is 9.97. The van der Waals surface area contributed by atoms with Crippen molar-refractivity contribution in [1.29, 1.82) is 0 Å². The van der Waals surface area contributed by atoms with Gasteiger partial charge in [-0.2, -0.15) is 10.2 Å². The van der Waals surface area contributed by atoms with Crippen LogP contribution >= 0.6 is 0 Å². The zero-order valence-electron chi connectivity index (χ0n) is 22.5. The summed E-state index contributed by atoms with van der Waals surface area (Å²) in [5.74, 6) is -1.44. The van der Waals surface area contributed by atoms with E-state index in [2.05, 4.69) is 20.4 Å². The van der Waals surface area contributed by atoms with E-state index in [0.29, 0.717) is 37.4 Å². The number of fused-ring (bicyclic) bond motifs is 2. The molecule has 0 bridgehead atoms. The Labute approximate surface area is 231 Å². The number of hydrogen-bond donors (Lipinski definition) is 4. The first kappa shape index (κ1) is 28.9. The van der Waals surface area contributed by atoms with Crippen molar-refractivity contribution < 1.29 is 28.5 Å². The van der Waals surface area contributed by atoms with Crippen molar-refractivity contribution in [1.82, 2.24) is 20.4 Å². The molecule has 2 atom stereocenters. The lowest BCUT2D eigenvalue weighted by Crippen LogP contribution is -2.29. The zero-order valence-corrected chi connectivity index (χ0v) is 22.5. The first-order valence-corrected chi connectivity index (χ1v) is 12.8. The van der Waals surface area contributed by atoms with Crippen molar-refractivity contribution in [3.63, 3.8) is 0 Å². The molecule has 2 aromatic heterocycles. The van der Waals surface area contributed by atoms with Crippen LogP contribution < -0.4 is 11.5 Å². The summed E-state index contributed by atoms with van der Waals surface area (Å²) < 4.78 is 21.3. The molecule has 2 unspecified atom stereocenters. The van der Waals surface area contributed by atoms with Gasteiger partial charge in [0.2, 0.25) is 0 Å². The fourth-order valence-electron chi connectivity index (χ4n) is 4.38. The number of nitrogens with two attached hydrogens (primary N) is 2. The van der Waals surface area contributed by atoms with E-state index in [1.807, 2.05) is 36.4 Å². The summed E-state index contributed by atoms with van der Waals surface area (Å²) in [5.41, 5.74) is 16.8. The zero-order chi connectivity index (χ0) is 28.5. The Morgan fingerprint density at radius 2 is 1.20 bits per heavy atom. The lowest BCUT2D eigenvalue weighted by Gasteiger charge is -2.15. The van der Waals surface area contributed by atoms with Crippen LogP contribution in [-0.4, -0.2) is 71.9 Å². The quantitative estimate of drug-likeness (QED) is 0.134. The Morgan fingerprint density at radius 1 is 0.775 bits per heavy atom. The smallest absolute Gasteiger partial charge is 0.331 e. The van der Waals surface area contributed by atoms with E-state index >= 15 is 0 Å². The van der Waals surface area contributed by atoms with Gasteiger partial charge in [-0.05, 0) is 35.4 Å². The molecule has 12 heteroatoms. The molecule has 12 nitrogen and oxygen atoms in total. The van der Waals surface area contributed by atoms with E-state index in [1.54, 1.807) is 14.2 Å². The monoisotopic (exact) mass is 550 g/mol.